The third kappa shape index (κ3) is 2.40. The van der Waals surface area contributed by atoms with Crippen molar-refractivity contribution in [1.29, 1.82) is 5.26 Å². The molecular formula is C10H14N2. The molecule has 0 aliphatic carbocycles. The monoisotopic (exact) mass is 162 g/mol. The van der Waals surface area contributed by atoms with Gasteiger partial charge in [0, 0.05) is 5.57 Å². The average Bonchev–Trinajstić information content (AvgIpc) is 1.98. The minimum Gasteiger partial charge on any atom is -0.241 e. The van der Waals surface area contributed by atoms with Gasteiger partial charge in [-0.05, 0) is 11.8 Å². The van der Waals surface area contributed by atoms with Crippen LogP contribution in [-0.4, -0.2) is 0 Å². The molecule has 0 aliphatic heterocycles. The van der Waals surface area contributed by atoms with Crippen molar-refractivity contribution in [2.45, 2.75) is 27.7 Å². The van der Waals surface area contributed by atoms with E-state index in [1.807, 2.05) is 27.7 Å². The largest absolute Gasteiger partial charge is 0.241 e. The first-order chi connectivity index (χ1) is 5.54. The van der Waals surface area contributed by atoms with Gasteiger partial charge < -0.3 is 0 Å². The molecule has 0 heterocycles. The highest BCUT2D eigenvalue weighted by atomic mass is 14.7. The minimum atomic E-state index is 0.152. The minimum absolute atomic E-state index is 0.152. The smallest absolute Gasteiger partial charge is 0.181 e. The van der Waals surface area contributed by atoms with E-state index in [1.165, 1.54) is 0 Å². The first-order valence-corrected chi connectivity index (χ1v) is 4.06. The molecule has 2 nitrogen and oxygen atoms in total. The van der Waals surface area contributed by atoms with Gasteiger partial charge in [-0.3, -0.25) is 0 Å². The van der Waals surface area contributed by atoms with Gasteiger partial charge >= 0.3 is 0 Å². The predicted octanol–water partition coefficient (Wildman–Crippen LogP) is 3.00. The quantitative estimate of drug-likeness (QED) is 0.453. The van der Waals surface area contributed by atoms with E-state index in [0.29, 0.717) is 11.3 Å². The van der Waals surface area contributed by atoms with E-state index >= 15 is 0 Å². The van der Waals surface area contributed by atoms with Crippen LogP contribution in [0.3, 0.4) is 0 Å². The summed E-state index contributed by atoms with van der Waals surface area (Å²) >= 11 is 0. The number of allylic oxidation sites excluding steroid dienone is 2. The Morgan fingerprint density at radius 1 is 1.25 bits per heavy atom. The van der Waals surface area contributed by atoms with Crippen LogP contribution in [0.4, 0.5) is 0 Å². The summed E-state index contributed by atoms with van der Waals surface area (Å²) in [7, 11) is 0. The fourth-order valence-corrected chi connectivity index (χ4v) is 0.982. The number of rotatable bonds is 2. The molecule has 64 valence electrons. The maximum Gasteiger partial charge on any atom is 0.181 e. The first-order valence-electron chi connectivity index (χ1n) is 4.06. The van der Waals surface area contributed by atoms with E-state index < -0.39 is 0 Å². The van der Waals surface area contributed by atoms with E-state index in [0.717, 1.165) is 0 Å². The van der Waals surface area contributed by atoms with Gasteiger partial charge in [-0.2, -0.15) is 5.26 Å². The van der Waals surface area contributed by atoms with Crippen molar-refractivity contribution < 1.29 is 0 Å². The molecule has 0 unspecified atom stereocenters. The lowest BCUT2D eigenvalue weighted by molar-refractivity contribution is 0.724. The summed E-state index contributed by atoms with van der Waals surface area (Å²) in [4.78, 5) is 3.39. The van der Waals surface area contributed by atoms with Crippen LogP contribution in [0.25, 0.3) is 4.85 Å². The molecule has 0 aliphatic rings. The Hall–Kier alpha value is -1.28. The Labute approximate surface area is 74.3 Å². The summed E-state index contributed by atoms with van der Waals surface area (Å²) in [6.45, 7) is 14.7. The molecule has 0 fully saturated rings. The van der Waals surface area contributed by atoms with Crippen molar-refractivity contribution >= 4 is 0 Å². The molecule has 0 saturated carbocycles. The van der Waals surface area contributed by atoms with Crippen LogP contribution in [0.15, 0.2) is 11.3 Å². The second-order valence-electron chi connectivity index (χ2n) is 3.33. The second kappa shape index (κ2) is 4.57. The highest BCUT2D eigenvalue weighted by Crippen LogP contribution is 2.21. The lowest BCUT2D eigenvalue weighted by Gasteiger charge is -2.08. The van der Waals surface area contributed by atoms with Gasteiger partial charge in [-0.25, -0.2) is 4.85 Å². The molecule has 2 heteroatoms. The molecular weight excluding hydrogens is 148 g/mol. The van der Waals surface area contributed by atoms with Crippen molar-refractivity contribution in [2.75, 3.05) is 0 Å². The van der Waals surface area contributed by atoms with Crippen molar-refractivity contribution in [3.8, 4) is 6.07 Å². The Bertz CT molecular complexity index is 231. The van der Waals surface area contributed by atoms with Crippen molar-refractivity contribution in [3.63, 3.8) is 0 Å². The van der Waals surface area contributed by atoms with Crippen LogP contribution in [0, 0.1) is 29.7 Å². The molecule has 0 spiro atoms. The molecule has 0 atom stereocenters. The van der Waals surface area contributed by atoms with Crippen molar-refractivity contribution in [3.05, 3.63) is 22.7 Å². The van der Waals surface area contributed by atoms with Gasteiger partial charge in [0.05, 0.1) is 12.6 Å². The molecule has 0 radical (unpaired) electrons. The molecule has 0 saturated heterocycles. The number of nitriles is 1. The summed E-state index contributed by atoms with van der Waals surface area (Å²) in [5.41, 5.74) is 1.23. The predicted molar refractivity (Wildman–Crippen MR) is 48.9 cm³/mol. The normalized spacial score (nSPS) is 12.3. The summed E-state index contributed by atoms with van der Waals surface area (Å²) < 4.78 is 0. The molecule has 12 heavy (non-hydrogen) atoms. The third-order valence-electron chi connectivity index (χ3n) is 1.64. The van der Waals surface area contributed by atoms with Crippen LogP contribution >= 0.6 is 0 Å². The zero-order valence-electron chi connectivity index (χ0n) is 8.05. The zero-order chi connectivity index (χ0) is 9.72. The second-order valence-corrected chi connectivity index (χ2v) is 3.33. The summed E-state index contributed by atoms with van der Waals surface area (Å²) in [6.07, 6.45) is 0. The zero-order valence-corrected chi connectivity index (χ0v) is 8.05. The standard InChI is InChI=1S/C10H14N2/c1-7(2)9(6-11)10(12-5)8(3)4/h7-8H,1-4H3/b10-9+. The lowest BCUT2D eigenvalue weighted by Crippen LogP contribution is -2.00. The van der Waals surface area contributed by atoms with Gasteiger partial charge in [0.1, 0.15) is 0 Å². The van der Waals surface area contributed by atoms with Gasteiger partial charge in [0.25, 0.3) is 0 Å². The number of hydrogen-bond donors (Lipinski definition) is 0. The maximum absolute atomic E-state index is 8.80. The first kappa shape index (κ1) is 10.7. The molecule has 0 aromatic rings. The van der Waals surface area contributed by atoms with Crippen molar-refractivity contribution in [1.82, 2.24) is 0 Å². The molecule has 0 aromatic heterocycles. The highest BCUT2D eigenvalue weighted by Gasteiger charge is 2.13. The topological polar surface area (TPSA) is 28.1 Å². The van der Waals surface area contributed by atoms with E-state index in [1.54, 1.807) is 0 Å². The number of nitrogens with zero attached hydrogens (tertiary/aromatic N) is 2. The van der Waals surface area contributed by atoms with E-state index in [4.69, 9.17) is 11.8 Å². The van der Waals surface area contributed by atoms with Crippen LogP contribution in [0.5, 0.6) is 0 Å². The summed E-state index contributed by atoms with van der Waals surface area (Å²) in [5, 5.41) is 8.80. The average molecular weight is 162 g/mol. The Morgan fingerprint density at radius 3 is 1.83 bits per heavy atom. The lowest BCUT2D eigenvalue weighted by atomic mass is 9.97. The number of hydrogen-bond acceptors (Lipinski definition) is 1. The third-order valence-corrected chi connectivity index (χ3v) is 1.64. The van der Waals surface area contributed by atoms with E-state index in [2.05, 4.69) is 10.9 Å². The Balaban J connectivity index is 5.10. The molecule has 0 aromatic carbocycles. The van der Waals surface area contributed by atoms with Crippen LogP contribution in [-0.2, 0) is 0 Å². The van der Waals surface area contributed by atoms with Gasteiger partial charge in [0.2, 0.25) is 0 Å². The summed E-state index contributed by atoms with van der Waals surface area (Å²) in [6, 6.07) is 2.10. The van der Waals surface area contributed by atoms with E-state index in [9.17, 15) is 0 Å². The molecule has 0 amide bonds. The Morgan fingerprint density at radius 2 is 1.75 bits per heavy atom. The van der Waals surface area contributed by atoms with Crippen LogP contribution < -0.4 is 0 Å². The van der Waals surface area contributed by atoms with Gasteiger partial charge in [-0.1, -0.05) is 27.7 Å². The molecule has 0 N–H and O–H groups in total. The van der Waals surface area contributed by atoms with E-state index in [-0.39, 0.29) is 11.8 Å². The van der Waals surface area contributed by atoms with Gasteiger partial charge in [-0.15, -0.1) is 0 Å². The van der Waals surface area contributed by atoms with Crippen LogP contribution in [0.2, 0.25) is 0 Å². The molecule has 0 bridgehead atoms. The SMILES string of the molecule is [C-]#[N+]/C(=C(\C#N)C(C)C)C(C)C. The van der Waals surface area contributed by atoms with Gasteiger partial charge in [0.15, 0.2) is 5.70 Å². The maximum atomic E-state index is 8.80. The fraction of sp³-hybridized carbons (Fsp3) is 0.600. The molecule has 0 rings (SSSR count). The van der Waals surface area contributed by atoms with Crippen LogP contribution in [0.1, 0.15) is 27.7 Å². The fourth-order valence-electron chi connectivity index (χ4n) is 0.982. The van der Waals surface area contributed by atoms with Crippen molar-refractivity contribution in [2.24, 2.45) is 11.8 Å². The highest BCUT2D eigenvalue weighted by molar-refractivity contribution is 5.33. The Kier molecular flexibility index (Phi) is 4.08. The summed E-state index contributed by atoms with van der Waals surface area (Å²) in [5.74, 6) is 0.307.